The predicted octanol–water partition coefficient (Wildman–Crippen LogP) is 3.27. The topological polar surface area (TPSA) is 23.5 Å². The van der Waals surface area contributed by atoms with E-state index in [-0.39, 0.29) is 0 Å². The van der Waals surface area contributed by atoms with E-state index in [0.717, 1.165) is 30.8 Å². The highest BCUT2D eigenvalue weighted by molar-refractivity contribution is 5.59. The van der Waals surface area contributed by atoms with Gasteiger partial charge in [0, 0.05) is 17.7 Å². The van der Waals surface area contributed by atoms with Crippen molar-refractivity contribution in [1.29, 1.82) is 0 Å². The number of para-hydroxylation sites is 1. The van der Waals surface area contributed by atoms with Gasteiger partial charge in [-0.15, -0.1) is 0 Å². The molecule has 1 aromatic rings. The normalized spacial score (nSPS) is 11.5. The number of hydrogen-bond acceptors (Lipinski definition) is 2. The van der Waals surface area contributed by atoms with Crippen molar-refractivity contribution in [3.8, 4) is 5.75 Å². The summed E-state index contributed by atoms with van der Waals surface area (Å²) < 4.78 is 0. The van der Waals surface area contributed by atoms with E-state index in [9.17, 15) is 5.11 Å². The predicted molar refractivity (Wildman–Crippen MR) is 69.4 cm³/mol. The SMILES string of the molecule is CC=Cc1cccc(CN(CC)CC)c1O. The molecule has 0 aliphatic rings. The average molecular weight is 219 g/mol. The Hall–Kier alpha value is -1.28. The summed E-state index contributed by atoms with van der Waals surface area (Å²) in [6.45, 7) is 9.04. The van der Waals surface area contributed by atoms with Gasteiger partial charge in [-0.2, -0.15) is 0 Å². The van der Waals surface area contributed by atoms with Gasteiger partial charge in [0.05, 0.1) is 0 Å². The van der Waals surface area contributed by atoms with Crippen molar-refractivity contribution < 1.29 is 5.11 Å². The fraction of sp³-hybridized carbons (Fsp3) is 0.429. The molecule has 1 rings (SSSR count). The van der Waals surface area contributed by atoms with E-state index in [1.165, 1.54) is 0 Å². The second-order valence-corrected chi connectivity index (χ2v) is 3.82. The molecule has 0 aliphatic heterocycles. The van der Waals surface area contributed by atoms with Crippen LogP contribution in [0.4, 0.5) is 0 Å². The van der Waals surface area contributed by atoms with Crippen molar-refractivity contribution in [2.75, 3.05) is 13.1 Å². The number of aromatic hydroxyl groups is 1. The average Bonchev–Trinajstić information content (AvgIpc) is 2.30. The van der Waals surface area contributed by atoms with Crippen LogP contribution in [0.2, 0.25) is 0 Å². The van der Waals surface area contributed by atoms with Gasteiger partial charge < -0.3 is 5.11 Å². The Morgan fingerprint density at radius 2 is 1.94 bits per heavy atom. The highest BCUT2D eigenvalue weighted by Crippen LogP contribution is 2.24. The molecule has 0 amide bonds. The maximum Gasteiger partial charge on any atom is 0.127 e. The molecule has 2 nitrogen and oxygen atoms in total. The molecule has 2 heteroatoms. The minimum Gasteiger partial charge on any atom is -0.507 e. The van der Waals surface area contributed by atoms with E-state index in [0.29, 0.717) is 5.75 Å². The van der Waals surface area contributed by atoms with Crippen LogP contribution >= 0.6 is 0 Å². The second-order valence-electron chi connectivity index (χ2n) is 3.82. The standard InChI is InChI=1S/C14H21NO/c1-4-8-12-9-7-10-13(14(12)16)11-15(5-2)6-3/h4,7-10,16H,5-6,11H2,1-3H3. The highest BCUT2D eigenvalue weighted by atomic mass is 16.3. The zero-order valence-electron chi connectivity index (χ0n) is 10.4. The molecule has 88 valence electrons. The highest BCUT2D eigenvalue weighted by Gasteiger charge is 2.07. The van der Waals surface area contributed by atoms with Crippen LogP contribution in [0, 0.1) is 0 Å². The number of benzene rings is 1. The smallest absolute Gasteiger partial charge is 0.127 e. The second kappa shape index (κ2) is 6.33. The summed E-state index contributed by atoms with van der Waals surface area (Å²) in [7, 11) is 0. The van der Waals surface area contributed by atoms with Crippen LogP contribution in [0.25, 0.3) is 6.08 Å². The van der Waals surface area contributed by atoms with Crippen LogP contribution in [0.3, 0.4) is 0 Å². The lowest BCUT2D eigenvalue weighted by Crippen LogP contribution is -2.22. The number of phenolic OH excluding ortho intramolecular Hbond substituents is 1. The van der Waals surface area contributed by atoms with Crippen molar-refractivity contribution in [2.45, 2.75) is 27.3 Å². The number of hydrogen-bond donors (Lipinski definition) is 1. The first kappa shape index (κ1) is 12.8. The quantitative estimate of drug-likeness (QED) is 0.821. The summed E-state index contributed by atoms with van der Waals surface area (Å²) in [6, 6.07) is 5.91. The first-order valence-electron chi connectivity index (χ1n) is 5.88. The van der Waals surface area contributed by atoms with E-state index in [4.69, 9.17) is 0 Å². The molecular formula is C14H21NO. The Kier molecular flexibility index (Phi) is 5.06. The molecule has 0 bridgehead atoms. The third-order valence-electron chi connectivity index (χ3n) is 2.79. The summed E-state index contributed by atoms with van der Waals surface area (Å²) in [4.78, 5) is 2.29. The van der Waals surface area contributed by atoms with Gasteiger partial charge in [0.25, 0.3) is 0 Å². The zero-order valence-corrected chi connectivity index (χ0v) is 10.4. The maximum absolute atomic E-state index is 10.1. The molecule has 0 spiro atoms. The first-order valence-corrected chi connectivity index (χ1v) is 5.88. The molecule has 0 aliphatic carbocycles. The molecule has 0 aromatic heterocycles. The van der Waals surface area contributed by atoms with Crippen molar-refractivity contribution >= 4 is 6.08 Å². The summed E-state index contributed by atoms with van der Waals surface area (Å²) in [5.74, 6) is 0.410. The van der Waals surface area contributed by atoms with Crippen molar-refractivity contribution in [2.24, 2.45) is 0 Å². The van der Waals surface area contributed by atoms with Crippen molar-refractivity contribution in [3.63, 3.8) is 0 Å². The Morgan fingerprint density at radius 3 is 2.50 bits per heavy atom. The third kappa shape index (κ3) is 3.11. The van der Waals surface area contributed by atoms with E-state index in [1.54, 1.807) is 0 Å². The molecule has 0 unspecified atom stereocenters. The van der Waals surface area contributed by atoms with E-state index in [1.807, 2.05) is 37.3 Å². The number of allylic oxidation sites excluding steroid dienone is 1. The lowest BCUT2D eigenvalue weighted by molar-refractivity contribution is 0.291. The molecule has 0 saturated carbocycles. The van der Waals surface area contributed by atoms with Crippen LogP contribution in [-0.2, 0) is 6.54 Å². The van der Waals surface area contributed by atoms with Gasteiger partial charge in [-0.1, -0.05) is 44.2 Å². The summed E-state index contributed by atoms with van der Waals surface area (Å²) in [5, 5.41) is 10.1. The summed E-state index contributed by atoms with van der Waals surface area (Å²) >= 11 is 0. The minimum atomic E-state index is 0.410. The fourth-order valence-electron chi connectivity index (χ4n) is 1.74. The van der Waals surface area contributed by atoms with Crippen LogP contribution < -0.4 is 0 Å². The van der Waals surface area contributed by atoms with Crippen LogP contribution in [0.1, 0.15) is 31.9 Å². The molecule has 1 N–H and O–H groups in total. The van der Waals surface area contributed by atoms with Gasteiger partial charge >= 0.3 is 0 Å². The van der Waals surface area contributed by atoms with Crippen LogP contribution in [0.5, 0.6) is 5.75 Å². The summed E-state index contributed by atoms with van der Waals surface area (Å²) in [5.41, 5.74) is 1.89. The number of nitrogens with zero attached hydrogens (tertiary/aromatic N) is 1. The number of phenols is 1. The van der Waals surface area contributed by atoms with Crippen LogP contribution in [0.15, 0.2) is 24.3 Å². The van der Waals surface area contributed by atoms with Gasteiger partial charge in [-0.05, 0) is 20.0 Å². The third-order valence-corrected chi connectivity index (χ3v) is 2.79. The minimum absolute atomic E-state index is 0.410. The lowest BCUT2D eigenvalue weighted by atomic mass is 10.1. The largest absolute Gasteiger partial charge is 0.507 e. The van der Waals surface area contributed by atoms with Gasteiger partial charge in [0.2, 0.25) is 0 Å². The molecule has 0 heterocycles. The lowest BCUT2D eigenvalue weighted by Gasteiger charge is -2.19. The molecule has 0 atom stereocenters. The molecule has 0 saturated heterocycles. The van der Waals surface area contributed by atoms with E-state index >= 15 is 0 Å². The Labute approximate surface area is 98.2 Å². The molecule has 0 fully saturated rings. The van der Waals surface area contributed by atoms with Crippen molar-refractivity contribution in [3.05, 3.63) is 35.4 Å². The fourth-order valence-corrected chi connectivity index (χ4v) is 1.74. The van der Waals surface area contributed by atoms with Gasteiger partial charge in [0.1, 0.15) is 5.75 Å². The first-order chi connectivity index (χ1) is 7.72. The molecular weight excluding hydrogens is 198 g/mol. The van der Waals surface area contributed by atoms with E-state index in [2.05, 4.69) is 18.7 Å². The molecule has 0 radical (unpaired) electrons. The molecule has 1 aromatic carbocycles. The Balaban J connectivity index is 2.92. The number of rotatable bonds is 5. The van der Waals surface area contributed by atoms with Gasteiger partial charge in [-0.3, -0.25) is 4.90 Å². The van der Waals surface area contributed by atoms with Crippen molar-refractivity contribution in [1.82, 2.24) is 4.90 Å². The Morgan fingerprint density at radius 1 is 1.25 bits per heavy atom. The zero-order chi connectivity index (χ0) is 12.0. The van der Waals surface area contributed by atoms with E-state index < -0.39 is 0 Å². The maximum atomic E-state index is 10.1. The Bertz CT molecular complexity index is 354. The molecule has 16 heavy (non-hydrogen) atoms. The summed E-state index contributed by atoms with van der Waals surface area (Å²) in [6.07, 6.45) is 3.87. The van der Waals surface area contributed by atoms with Gasteiger partial charge in [0.15, 0.2) is 0 Å². The monoisotopic (exact) mass is 219 g/mol. The van der Waals surface area contributed by atoms with Crippen LogP contribution in [-0.4, -0.2) is 23.1 Å². The van der Waals surface area contributed by atoms with Gasteiger partial charge in [-0.25, -0.2) is 0 Å².